The van der Waals surface area contributed by atoms with E-state index in [4.69, 9.17) is 4.74 Å². The van der Waals surface area contributed by atoms with Gasteiger partial charge in [0.1, 0.15) is 5.82 Å². The lowest BCUT2D eigenvalue weighted by atomic mass is 10.0. The largest absolute Gasteiger partial charge is 0.462 e. The van der Waals surface area contributed by atoms with Gasteiger partial charge >= 0.3 is 5.97 Å². The number of esters is 1. The van der Waals surface area contributed by atoms with Crippen molar-refractivity contribution in [3.63, 3.8) is 0 Å². The second-order valence-electron chi connectivity index (χ2n) is 5.40. The average Bonchev–Trinajstić information content (AvgIpc) is 3.05. The van der Waals surface area contributed by atoms with Crippen molar-refractivity contribution in [2.24, 2.45) is 0 Å². The molecule has 1 aromatic carbocycles. The highest BCUT2D eigenvalue weighted by Gasteiger charge is 2.28. The Hall–Kier alpha value is -2.50. The molecule has 0 spiro atoms. The van der Waals surface area contributed by atoms with Gasteiger partial charge in [0.2, 0.25) is 5.95 Å². The van der Waals surface area contributed by atoms with E-state index in [2.05, 4.69) is 9.97 Å². The van der Waals surface area contributed by atoms with Crippen molar-refractivity contribution in [1.82, 2.24) is 9.97 Å². The summed E-state index contributed by atoms with van der Waals surface area (Å²) >= 11 is 0. The molecular weight excluding hydrogens is 297 g/mol. The van der Waals surface area contributed by atoms with Crippen LogP contribution in [-0.4, -0.2) is 29.1 Å². The van der Waals surface area contributed by atoms with Crippen LogP contribution in [0.1, 0.15) is 41.7 Å². The fraction of sp³-hybridized carbons (Fsp3) is 0.353. The zero-order valence-electron chi connectivity index (χ0n) is 12.9. The third kappa shape index (κ3) is 3.31. The van der Waals surface area contributed by atoms with Crippen molar-refractivity contribution in [2.75, 3.05) is 18.1 Å². The molecule has 1 atom stereocenters. The van der Waals surface area contributed by atoms with Gasteiger partial charge in [0.25, 0.3) is 0 Å². The summed E-state index contributed by atoms with van der Waals surface area (Å²) in [7, 11) is 0. The van der Waals surface area contributed by atoms with E-state index in [1.54, 1.807) is 19.1 Å². The van der Waals surface area contributed by atoms with Gasteiger partial charge in [-0.1, -0.05) is 12.1 Å². The van der Waals surface area contributed by atoms with E-state index >= 15 is 0 Å². The Balaban J connectivity index is 1.81. The van der Waals surface area contributed by atoms with Gasteiger partial charge in [0, 0.05) is 18.9 Å². The summed E-state index contributed by atoms with van der Waals surface area (Å²) in [5.41, 5.74) is 1.25. The maximum absolute atomic E-state index is 13.5. The zero-order chi connectivity index (χ0) is 16.2. The number of benzene rings is 1. The molecule has 0 N–H and O–H groups in total. The number of hydrogen-bond acceptors (Lipinski definition) is 5. The lowest BCUT2D eigenvalue weighted by Crippen LogP contribution is -2.25. The monoisotopic (exact) mass is 315 g/mol. The van der Waals surface area contributed by atoms with Gasteiger partial charge in [-0.15, -0.1) is 0 Å². The van der Waals surface area contributed by atoms with Crippen molar-refractivity contribution in [1.29, 1.82) is 0 Å². The van der Waals surface area contributed by atoms with Gasteiger partial charge in [-0.25, -0.2) is 19.2 Å². The van der Waals surface area contributed by atoms with Crippen molar-refractivity contribution in [3.05, 3.63) is 53.6 Å². The maximum atomic E-state index is 13.5. The van der Waals surface area contributed by atoms with E-state index in [-0.39, 0.29) is 11.9 Å². The second kappa shape index (κ2) is 6.73. The van der Waals surface area contributed by atoms with E-state index in [0.29, 0.717) is 18.1 Å². The molecule has 2 heterocycles. The van der Waals surface area contributed by atoms with E-state index in [1.807, 2.05) is 11.0 Å². The molecule has 1 saturated heterocycles. The summed E-state index contributed by atoms with van der Waals surface area (Å²) in [5, 5.41) is 0. The van der Waals surface area contributed by atoms with Gasteiger partial charge in [-0.3, -0.25) is 0 Å². The molecule has 1 fully saturated rings. The Bertz CT molecular complexity index is 690. The molecule has 1 unspecified atom stereocenters. The van der Waals surface area contributed by atoms with Crippen LogP contribution in [-0.2, 0) is 4.74 Å². The Labute approximate surface area is 134 Å². The van der Waals surface area contributed by atoms with Crippen LogP contribution in [0.15, 0.2) is 36.7 Å². The molecule has 0 bridgehead atoms. The van der Waals surface area contributed by atoms with Gasteiger partial charge in [-0.05, 0) is 37.5 Å². The number of anilines is 1. The number of rotatable bonds is 4. The molecule has 0 aliphatic carbocycles. The second-order valence-corrected chi connectivity index (χ2v) is 5.40. The van der Waals surface area contributed by atoms with Gasteiger partial charge < -0.3 is 9.64 Å². The first-order valence-electron chi connectivity index (χ1n) is 7.70. The Morgan fingerprint density at radius 1 is 1.39 bits per heavy atom. The number of carbonyl (C=O) groups is 1. The molecule has 5 nitrogen and oxygen atoms in total. The molecular formula is C17H18FN3O2. The van der Waals surface area contributed by atoms with Gasteiger partial charge in [0.05, 0.1) is 18.2 Å². The Morgan fingerprint density at radius 2 is 2.17 bits per heavy atom. The predicted molar refractivity (Wildman–Crippen MR) is 83.7 cm³/mol. The van der Waals surface area contributed by atoms with E-state index < -0.39 is 5.97 Å². The smallest absolute Gasteiger partial charge is 0.341 e. The third-order valence-corrected chi connectivity index (χ3v) is 3.89. The molecule has 23 heavy (non-hydrogen) atoms. The molecule has 0 amide bonds. The van der Waals surface area contributed by atoms with Gasteiger partial charge in [0.15, 0.2) is 0 Å². The van der Waals surface area contributed by atoms with Crippen LogP contribution >= 0.6 is 0 Å². The average molecular weight is 315 g/mol. The first kappa shape index (κ1) is 15.4. The van der Waals surface area contributed by atoms with Gasteiger partial charge in [-0.2, -0.15) is 0 Å². The third-order valence-electron chi connectivity index (χ3n) is 3.89. The van der Waals surface area contributed by atoms with Crippen molar-refractivity contribution in [3.8, 4) is 0 Å². The molecule has 2 aromatic rings. The standard InChI is InChI=1S/C17H18FN3O2/c1-2-23-16(22)13-10-19-17(20-11-13)21-8-4-7-15(21)12-5-3-6-14(18)9-12/h3,5-6,9-11,15H,2,4,7-8H2,1H3. The lowest BCUT2D eigenvalue weighted by molar-refractivity contribution is 0.0525. The van der Waals surface area contributed by atoms with E-state index in [1.165, 1.54) is 18.5 Å². The summed E-state index contributed by atoms with van der Waals surface area (Å²) in [5.74, 6) is -0.125. The molecule has 0 saturated carbocycles. The molecule has 1 aromatic heterocycles. The number of nitrogens with zero attached hydrogens (tertiary/aromatic N) is 3. The van der Waals surface area contributed by atoms with Crippen LogP contribution in [0.3, 0.4) is 0 Å². The molecule has 120 valence electrons. The first-order chi connectivity index (χ1) is 11.2. The van der Waals surface area contributed by atoms with Crippen molar-refractivity contribution >= 4 is 11.9 Å². The quantitative estimate of drug-likeness (QED) is 0.811. The molecule has 0 radical (unpaired) electrons. The highest BCUT2D eigenvalue weighted by molar-refractivity contribution is 5.88. The van der Waals surface area contributed by atoms with Crippen molar-refractivity contribution < 1.29 is 13.9 Å². The Kier molecular flexibility index (Phi) is 4.50. The Morgan fingerprint density at radius 3 is 2.87 bits per heavy atom. The highest BCUT2D eigenvalue weighted by atomic mass is 19.1. The minimum Gasteiger partial charge on any atom is -0.462 e. The summed E-state index contributed by atoms with van der Waals surface area (Å²) in [4.78, 5) is 22.3. The number of hydrogen-bond donors (Lipinski definition) is 0. The summed E-state index contributed by atoms with van der Waals surface area (Å²) in [6, 6.07) is 6.67. The number of aromatic nitrogens is 2. The van der Waals surface area contributed by atoms with E-state index in [9.17, 15) is 9.18 Å². The number of ether oxygens (including phenoxy) is 1. The SMILES string of the molecule is CCOC(=O)c1cnc(N2CCCC2c2cccc(F)c2)nc1. The minimum absolute atomic E-state index is 0.0548. The van der Waals surface area contributed by atoms with Crippen LogP contribution in [0.4, 0.5) is 10.3 Å². The molecule has 1 aliphatic heterocycles. The van der Waals surface area contributed by atoms with Crippen LogP contribution in [0.5, 0.6) is 0 Å². The topological polar surface area (TPSA) is 55.3 Å². The fourth-order valence-electron chi connectivity index (χ4n) is 2.86. The van der Waals surface area contributed by atoms with E-state index in [0.717, 1.165) is 24.9 Å². The predicted octanol–water partition coefficient (Wildman–Crippen LogP) is 3.13. The van der Waals surface area contributed by atoms with Crippen LogP contribution < -0.4 is 4.90 Å². The zero-order valence-corrected chi connectivity index (χ0v) is 12.9. The first-order valence-corrected chi connectivity index (χ1v) is 7.70. The molecule has 3 rings (SSSR count). The normalized spacial score (nSPS) is 17.3. The minimum atomic E-state index is -0.429. The lowest BCUT2D eigenvalue weighted by Gasteiger charge is -2.25. The fourth-order valence-corrected chi connectivity index (χ4v) is 2.86. The number of carbonyl (C=O) groups excluding carboxylic acids is 1. The summed E-state index contributed by atoms with van der Waals surface area (Å²) < 4.78 is 18.4. The summed E-state index contributed by atoms with van der Waals surface area (Å²) in [6.07, 6.45) is 4.86. The van der Waals surface area contributed by atoms with Crippen LogP contribution in [0, 0.1) is 5.82 Å². The molecule has 1 aliphatic rings. The van der Waals surface area contributed by atoms with Crippen LogP contribution in [0.25, 0.3) is 0 Å². The number of halogens is 1. The maximum Gasteiger partial charge on any atom is 0.341 e. The molecule has 6 heteroatoms. The highest BCUT2D eigenvalue weighted by Crippen LogP contribution is 2.34. The summed E-state index contributed by atoms with van der Waals surface area (Å²) in [6.45, 7) is 2.87. The van der Waals surface area contributed by atoms with Crippen molar-refractivity contribution in [2.45, 2.75) is 25.8 Å². The van der Waals surface area contributed by atoms with Crippen LogP contribution in [0.2, 0.25) is 0 Å².